The second-order valence-electron chi connectivity index (χ2n) is 9.18. The number of benzene rings is 1. The Bertz CT molecular complexity index is 939. The number of carbonyl (C=O) groups is 1. The first-order valence-corrected chi connectivity index (χ1v) is 12.5. The Morgan fingerprint density at radius 2 is 1.94 bits per heavy atom. The van der Waals surface area contributed by atoms with Crippen LogP contribution in [0.3, 0.4) is 0 Å². The maximum atomic E-state index is 12.2. The van der Waals surface area contributed by atoms with Gasteiger partial charge in [-0.2, -0.15) is 0 Å². The van der Waals surface area contributed by atoms with E-state index >= 15 is 0 Å². The fourth-order valence-corrected chi connectivity index (χ4v) is 4.62. The van der Waals surface area contributed by atoms with Crippen LogP contribution in [0.5, 0.6) is 11.5 Å². The lowest BCUT2D eigenvalue weighted by Crippen LogP contribution is -2.20. The van der Waals surface area contributed by atoms with Crippen molar-refractivity contribution in [3.8, 4) is 23.8 Å². The van der Waals surface area contributed by atoms with Gasteiger partial charge in [0.2, 0.25) is 0 Å². The molecule has 0 aromatic heterocycles. The van der Waals surface area contributed by atoms with Crippen LogP contribution in [0.15, 0.2) is 29.9 Å². The van der Waals surface area contributed by atoms with Gasteiger partial charge in [0.05, 0.1) is 19.8 Å². The van der Waals surface area contributed by atoms with Crippen LogP contribution in [0.25, 0.3) is 0 Å². The molecule has 6 heteroatoms. The van der Waals surface area contributed by atoms with E-state index in [-0.39, 0.29) is 36.4 Å². The second-order valence-corrected chi connectivity index (χ2v) is 9.18. The van der Waals surface area contributed by atoms with Crippen LogP contribution >= 0.6 is 0 Å². The molecular weight excluding hydrogens is 444 g/mol. The molecule has 2 atom stereocenters. The van der Waals surface area contributed by atoms with E-state index in [0.29, 0.717) is 43.1 Å². The number of aryl methyl sites for hydroxylation is 1. The first-order valence-electron chi connectivity index (χ1n) is 12.5. The van der Waals surface area contributed by atoms with Gasteiger partial charge in [-0.1, -0.05) is 49.5 Å². The van der Waals surface area contributed by atoms with Crippen molar-refractivity contribution in [1.82, 2.24) is 0 Å². The van der Waals surface area contributed by atoms with Gasteiger partial charge in [0.25, 0.3) is 0 Å². The number of terminal acetylenes is 1. The summed E-state index contributed by atoms with van der Waals surface area (Å²) in [7, 11) is 0. The summed E-state index contributed by atoms with van der Waals surface area (Å²) in [5.74, 6) is 1.46. The van der Waals surface area contributed by atoms with Crippen LogP contribution in [-0.2, 0) is 15.9 Å². The summed E-state index contributed by atoms with van der Waals surface area (Å²) in [6.45, 7) is 11.9. The van der Waals surface area contributed by atoms with Crippen LogP contribution < -0.4 is 4.74 Å². The zero-order valence-electron chi connectivity index (χ0n) is 21.4. The van der Waals surface area contributed by atoms with Crippen molar-refractivity contribution in [3.63, 3.8) is 0 Å². The summed E-state index contributed by atoms with van der Waals surface area (Å²) in [5.41, 5.74) is 3.29. The lowest BCUT2D eigenvalue weighted by atomic mass is 9.73. The van der Waals surface area contributed by atoms with Crippen molar-refractivity contribution in [3.05, 3.63) is 46.6 Å². The standard InChI is InChI=1S/C29H40O6/c1-6-8-9-10-22-19-25(35-17-16-34-15-14-33-13-7-2)27(28(30)26(22)29(31)32)24-18-21(5)11-12-23(24)20(3)4/h2,18-19,23-24,30H,3,6,8-17H2,1,4-5H3,(H,31,32). The van der Waals surface area contributed by atoms with Crippen molar-refractivity contribution in [2.75, 3.05) is 33.0 Å². The fourth-order valence-electron chi connectivity index (χ4n) is 4.62. The van der Waals surface area contributed by atoms with Gasteiger partial charge in [-0.15, -0.1) is 6.42 Å². The van der Waals surface area contributed by atoms with Gasteiger partial charge >= 0.3 is 5.97 Å². The molecule has 2 rings (SSSR count). The Morgan fingerprint density at radius 1 is 1.23 bits per heavy atom. The van der Waals surface area contributed by atoms with Crippen LogP contribution in [0.4, 0.5) is 0 Å². The molecule has 0 fully saturated rings. The highest BCUT2D eigenvalue weighted by Gasteiger charge is 2.33. The summed E-state index contributed by atoms with van der Waals surface area (Å²) in [6, 6.07) is 1.80. The summed E-state index contributed by atoms with van der Waals surface area (Å²) >= 11 is 0. The van der Waals surface area contributed by atoms with E-state index in [1.54, 1.807) is 6.07 Å². The molecule has 35 heavy (non-hydrogen) atoms. The molecule has 1 aliphatic rings. The van der Waals surface area contributed by atoms with Gasteiger partial charge in [0.15, 0.2) is 0 Å². The summed E-state index contributed by atoms with van der Waals surface area (Å²) < 4.78 is 16.9. The van der Waals surface area contributed by atoms with E-state index < -0.39 is 5.97 Å². The predicted molar refractivity (Wildman–Crippen MR) is 138 cm³/mol. The number of allylic oxidation sites excluding steroid dienone is 3. The van der Waals surface area contributed by atoms with Crippen molar-refractivity contribution in [2.24, 2.45) is 5.92 Å². The maximum Gasteiger partial charge on any atom is 0.339 e. The van der Waals surface area contributed by atoms with E-state index in [2.05, 4.69) is 32.4 Å². The number of carboxylic acid groups (broad SMARTS) is 1. The Labute approximate surface area is 210 Å². The average Bonchev–Trinajstić information content (AvgIpc) is 2.80. The molecule has 1 aromatic rings. The van der Waals surface area contributed by atoms with Crippen molar-refractivity contribution < 1.29 is 29.2 Å². The number of ether oxygens (including phenoxy) is 3. The van der Waals surface area contributed by atoms with Gasteiger partial charge < -0.3 is 24.4 Å². The Hall–Kier alpha value is -2.75. The molecular formula is C29H40O6. The van der Waals surface area contributed by atoms with Gasteiger partial charge in [-0.05, 0) is 57.1 Å². The SMILES string of the molecule is C#CCOCCOCCOc1cc(CCCCC)c(C(=O)O)c(O)c1C1C=C(C)CCC1C(=C)C. The molecule has 2 N–H and O–H groups in total. The average molecular weight is 485 g/mol. The number of hydrogen-bond donors (Lipinski definition) is 2. The van der Waals surface area contributed by atoms with Gasteiger partial charge in [-0.25, -0.2) is 4.79 Å². The maximum absolute atomic E-state index is 12.2. The van der Waals surface area contributed by atoms with Crippen molar-refractivity contribution >= 4 is 5.97 Å². The molecule has 0 amide bonds. The van der Waals surface area contributed by atoms with Gasteiger partial charge in [0.1, 0.15) is 30.3 Å². The molecule has 0 saturated carbocycles. The first kappa shape index (κ1) is 28.5. The topological polar surface area (TPSA) is 85.2 Å². The van der Waals surface area contributed by atoms with E-state index in [1.165, 1.54) is 5.57 Å². The Morgan fingerprint density at radius 3 is 2.60 bits per heavy atom. The minimum absolute atomic E-state index is 0.0255. The number of aromatic hydroxyl groups is 1. The zero-order valence-corrected chi connectivity index (χ0v) is 21.4. The molecule has 0 aliphatic heterocycles. The largest absolute Gasteiger partial charge is 0.507 e. The van der Waals surface area contributed by atoms with E-state index in [4.69, 9.17) is 20.6 Å². The zero-order chi connectivity index (χ0) is 25.8. The monoisotopic (exact) mass is 484 g/mol. The smallest absolute Gasteiger partial charge is 0.339 e. The number of aromatic carboxylic acids is 1. The minimum atomic E-state index is -1.12. The minimum Gasteiger partial charge on any atom is -0.507 e. The predicted octanol–water partition coefficient (Wildman–Crippen LogP) is 5.88. The Kier molecular flexibility index (Phi) is 11.9. The van der Waals surface area contributed by atoms with E-state index in [9.17, 15) is 15.0 Å². The quantitative estimate of drug-likeness (QED) is 0.184. The highest BCUT2D eigenvalue weighted by atomic mass is 16.5. The molecule has 1 aliphatic carbocycles. The lowest BCUT2D eigenvalue weighted by molar-refractivity contribution is 0.0460. The lowest BCUT2D eigenvalue weighted by Gasteiger charge is -2.32. The van der Waals surface area contributed by atoms with Gasteiger partial charge in [0, 0.05) is 11.5 Å². The third-order valence-corrected chi connectivity index (χ3v) is 6.40. The molecule has 192 valence electrons. The molecule has 0 saturated heterocycles. The van der Waals surface area contributed by atoms with E-state index in [1.807, 2.05) is 6.92 Å². The molecule has 6 nitrogen and oxygen atoms in total. The van der Waals surface area contributed by atoms with E-state index in [0.717, 1.165) is 37.7 Å². The number of hydrogen-bond acceptors (Lipinski definition) is 5. The first-order chi connectivity index (χ1) is 16.8. The normalized spacial score (nSPS) is 17.5. The third-order valence-electron chi connectivity index (χ3n) is 6.40. The molecule has 0 heterocycles. The van der Waals surface area contributed by atoms with Crippen LogP contribution in [-0.4, -0.2) is 49.2 Å². The summed E-state index contributed by atoms with van der Waals surface area (Å²) in [5, 5.41) is 21.4. The fraction of sp³-hybridized carbons (Fsp3) is 0.552. The highest BCUT2D eigenvalue weighted by Crippen LogP contribution is 2.48. The molecule has 0 bridgehead atoms. The van der Waals surface area contributed by atoms with Crippen molar-refractivity contribution in [1.29, 1.82) is 0 Å². The van der Waals surface area contributed by atoms with Crippen LogP contribution in [0.2, 0.25) is 0 Å². The molecule has 2 unspecified atom stereocenters. The number of carboxylic acids is 1. The molecule has 0 radical (unpaired) electrons. The Balaban J connectivity index is 2.40. The second kappa shape index (κ2) is 14.6. The highest BCUT2D eigenvalue weighted by molar-refractivity contribution is 5.94. The number of rotatable bonds is 15. The van der Waals surface area contributed by atoms with Crippen LogP contribution in [0.1, 0.15) is 80.3 Å². The molecule has 0 spiro atoms. The number of unbranched alkanes of at least 4 members (excludes halogenated alkanes) is 2. The third kappa shape index (κ3) is 8.16. The number of phenols is 1. The summed E-state index contributed by atoms with van der Waals surface area (Å²) in [6.07, 6.45) is 12.5. The van der Waals surface area contributed by atoms with Gasteiger partial charge in [-0.3, -0.25) is 0 Å². The summed E-state index contributed by atoms with van der Waals surface area (Å²) in [4.78, 5) is 12.2. The van der Waals surface area contributed by atoms with Crippen LogP contribution in [0, 0.1) is 18.3 Å². The molecule has 1 aromatic carbocycles. The van der Waals surface area contributed by atoms with Crippen molar-refractivity contribution in [2.45, 2.75) is 65.2 Å².